The molecule has 0 spiro atoms. The van der Waals surface area contributed by atoms with E-state index in [1.165, 1.54) is 11.1 Å². The highest BCUT2D eigenvalue weighted by Gasteiger charge is 2.14. The summed E-state index contributed by atoms with van der Waals surface area (Å²) in [6.07, 6.45) is 1.68. The van der Waals surface area contributed by atoms with Crippen molar-refractivity contribution in [2.75, 3.05) is 0 Å². The number of benzene rings is 3. The molecule has 2 heterocycles. The molecule has 5 nitrogen and oxygen atoms in total. The summed E-state index contributed by atoms with van der Waals surface area (Å²) in [4.78, 5) is 12.7. The summed E-state index contributed by atoms with van der Waals surface area (Å²) in [5.74, 6) is -0.145. The Hall–Kier alpha value is -4.12. The topological polar surface area (TPSA) is 59.5 Å². The number of hydrogen-bond donors (Lipinski definition) is 1. The van der Waals surface area contributed by atoms with Crippen LogP contribution in [0.2, 0.25) is 0 Å². The lowest BCUT2D eigenvalue weighted by Crippen LogP contribution is -2.16. The zero-order valence-corrected chi connectivity index (χ0v) is 19.1. The van der Waals surface area contributed by atoms with Gasteiger partial charge in [-0.15, -0.1) is 0 Å². The Morgan fingerprint density at radius 3 is 2.55 bits per heavy atom. The Bertz CT molecular complexity index is 1550. The van der Waals surface area contributed by atoms with Gasteiger partial charge in [0.1, 0.15) is 5.58 Å². The standard InChI is InChI=1S/C28H25N3O2/c1-17-9-11-23(13-18(17)2)31-19(3)14-22(20(31)4)16-29-30-28(32)27-15-25-24-8-6-5-7-21(24)10-12-26(25)33-27/h5-16H,1-4H3,(H,30,32)/b29-16+. The maximum absolute atomic E-state index is 12.7. The molecule has 2 aromatic heterocycles. The fourth-order valence-electron chi connectivity index (χ4n) is 4.30. The zero-order chi connectivity index (χ0) is 23.1. The van der Waals surface area contributed by atoms with Crippen LogP contribution in [0.5, 0.6) is 0 Å². The van der Waals surface area contributed by atoms with Crippen LogP contribution in [-0.2, 0) is 0 Å². The highest BCUT2D eigenvalue weighted by molar-refractivity contribution is 6.08. The molecular formula is C28H25N3O2. The largest absolute Gasteiger partial charge is 0.451 e. The summed E-state index contributed by atoms with van der Waals surface area (Å²) in [6, 6.07) is 22.2. The van der Waals surface area contributed by atoms with Gasteiger partial charge in [-0.05, 0) is 79.9 Å². The molecule has 0 aliphatic rings. The van der Waals surface area contributed by atoms with Crippen molar-refractivity contribution >= 4 is 33.9 Å². The number of nitrogens with zero attached hydrogens (tertiary/aromatic N) is 2. The van der Waals surface area contributed by atoms with Crippen LogP contribution in [0, 0.1) is 27.7 Å². The number of fused-ring (bicyclic) bond motifs is 3. The molecule has 0 aliphatic carbocycles. The van der Waals surface area contributed by atoms with E-state index in [4.69, 9.17) is 4.42 Å². The van der Waals surface area contributed by atoms with Crippen LogP contribution in [0.3, 0.4) is 0 Å². The van der Waals surface area contributed by atoms with Crippen molar-refractivity contribution < 1.29 is 9.21 Å². The van der Waals surface area contributed by atoms with Gasteiger partial charge in [-0.3, -0.25) is 4.79 Å². The van der Waals surface area contributed by atoms with Crippen molar-refractivity contribution in [2.45, 2.75) is 27.7 Å². The first kappa shape index (κ1) is 20.8. The number of amides is 1. The molecule has 1 N–H and O–H groups in total. The first-order valence-electron chi connectivity index (χ1n) is 10.9. The maximum atomic E-state index is 12.7. The highest BCUT2D eigenvalue weighted by Crippen LogP contribution is 2.28. The monoisotopic (exact) mass is 435 g/mol. The molecule has 5 heteroatoms. The fourth-order valence-corrected chi connectivity index (χ4v) is 4.30. The molecule has 33 heavy (non-hydrogen) atoms. The molecule has 0 atom stereocenters. The van der Waals surface area contributed by atoms with Gasteiger partial charge in [0, 0.05) is 28.0 Å². The molecule has 0 unspecified atom stereocenters. The second kappa shape index (κ2) is 8.10. The van der Waals surface area contributed by atoms with Crippen LogP contribution in [0.1, 0.15) is 38.6 Å². The van der Waals surface area contributed by atoms with Gasteiger partial charge in [-0.2, -0.15) is 5.10 Å². The number of carbonyl (C=O) groups is 1. The van der Waals surface area contributed by atoms with Crippen LogP contribution >= 0.6 is 0 Å². The lowest BCUT2D eigenvalue weighted by molar-refractivity contribution is 0.0929. The Balaban J connectivity index is 1.38. The quantitative estimate of drug-likeness (QED) is 0.263. The van der Waals surface area contributed by atoms with E-state index in [-0.39, 0.29) is 11.7 Å². The van der Waals surface area contributed by atoms with Gasteiger partial charge in [0.15, 0.2) is 5.76 Å². The average molecular weight is 436 g/mol. The van der Waals surface area contributed by atoms with Gasteiger partial charge in [-0.1, -0.05) is 36.4 Å². The van der Waals surface area contributed by atoms with Crippen molar-refractivity contribution in [1.82, 2.24) is 9.99 Å². The molecule has 164 valence electrons. The third-order valence-electron chi connectivity index (χ3n) is 6.24. The van der Waals surface area contributed by atoms with E-state index in [9.17, 15) is 4.79 Å². The van der Waals surface area contributed by atoms with Gasteiger partial charge in [0.2, 0.25) is 0 Å². The first-order chi connectivity index (χ1) is 15.9. The van der Waals surface area contributed by atoms with Crippen molar-refractivity contribution in [3.05, 3.63) is 101 Å². The number of rotatable bonds is 4. The van der Waals surface area contributed by atoms with E-state index in [0.29, 0.717) is 5.58 Å². The van der Waals surface area contributed by atoms with Crippen LogP contribution in [0.15, 0.2) is 76.2 Å². The molecule has 0 aliphatic heterocycles. The maximum Gasteiger partial charge on any atom is 0.307 e. The first-order valence-corrected chi connectivity index (χ1v) is 10.9. The molecule has 0 bridgehead atoms. The van der Waals surface area contributed by atoms with Gasteiger partial charge in [0.25, 0.3) is 0 Å². The molecule has 5 rings (SSSR count). The summed E-state index contributed by atoms with van der Waals surface area (Å²) in [5, 5.41) is 7.27. The number of hydrogen-bond acceptors (Lipinski definition) is 3. The molecule has 0 fully saturated rings. The van der Waals surface area contributed by atoms with Gasteiger partial charge in [0.05, 0.1) is 6.21 Å². The second-order valence-corrected chi connectivity index (χ2v) is 8.44. The third-order valence-corrected chi connectivity index (χ3v) is 6.24. The fraction of sp³-hybridized carbons (Fsp3) is 0.143. The molecule has 3 aromatic carbocycles. The summed E-state index contributed by atoms with van der Waals surface area (Å²) < 4.78 is 7.97. The zero-order valence-electron chi connectivity index (χ0n) is 19.1. The van der Waals surface area contributed by atoms with E-state index >= 15 is 0 Å². The van der Waals surface area contributed by atoms with Crippen LogP contribution in [0.4, 0.5) is 0 Å². The van der Waals surface area contributed by atoms with Crippen molar-refractivity contribution in [3.8, 4) is 5.69 Å². The van der Waals surface area contributed by atoms with Crippen molar-refractivity contribution in [2.24, 2.45) is 5.10 Å². The van der Waals surface area contributed by atoms with Crippen LogP contribution in [0.25, 0.3) is 27.4 Å². The van der Waals surface area contributed by atoms with Crippen molar-refractivity contribution in [3.63, 3.8) is 0 Å². The van der Waals surface area contributed by atoms with E-state index in [2.05, 4.69) is 67.1 Å². The van der Waals surface area contributed by atoms with E-state index in [0.717, 1.165) is 38.8 Å². The Labute approximate surface area is 192 Å². The molecule has 0 saturated heterocycles. The predicted molar refractivity (Wildman–Crippen MR) is 133 cm³/mol. The lowest BCUT2D eigenvalue weighted by atomic mass is 10.1. The van der Waals surface area contributed by atoms with E-state index in [1.807, 2.05) is 36.4 Å². The van der Waals surface area contributed by atoms with E-state index in [1.54, 1.807) is 12.3 Å². The van der Waals surface area contributed by atoms with Crippen LogP contribution in [-0.4, -0.2) is 16.7 Å². The van der Waals surface area contributed by atoms with E-state index < -0.39 is 0 Å². The smallest absolute Gasteiger partial charge is 0.307 e. The van der Waals surface area contributed by atoms with Gasteiger partial charge in [-0.25, -0.2) is 5.43 Å². The number of aryl methyl sites for hydroxylation is 3. The number of hydrazone groups is 1. The second-order valence-electron chi connectivity index (χ2n) is 8.44. The van der Waals surface area contributed by atoms with Gasteiger partial charge >= 0.3 is 5.91 Å². The molecule has 5 aromatic rings. The predicted octanol–water partition coefficient (Wildman–Crippen LogP) is 6.37. The van der Waals surface area contributed by atoms with Crippen molar-refractivity contribution in [1.29, 1.82) is 0 Å². The minimum atomic E-state index is -0.380. The van der Waals surface area contributed by atoms with Gasteiger partial charge < -0.3 is 8.98 Å². The number of furan rings is 1. The molecule has 0 radical (unpaired) electrons. The Morgan fingerprint density at radius 1 is 0.909 bits per heavy atom. The number of nitrogens with one attached hydrogen (secondary N) is 1. The normalized spacial score (nSPS) is 11.6. The highest BCUT2D eigenvalue weighted by atomic mass is 16.3. The SMILES string of the molecule is Cc1ccc(-n2c(C)cc(/C=N/NC(=O)c3cc4c(ccc5ccccc54)o3)c2C)cc1C. The Kier molecular flexibility index (Phi) is 5.09. The average Bonchev–Trinajstić information content (AvgIpc) is 3.37. The van der Waals surface area contributed by atoms with Crippen LogP contribution < -0.4 is 5.43 Å². The molecule has 0 saturated carbocycles. The Morgan fingerprint density at radius 2 is 1.73 bits per heavy atom. The molecule has 1 amide bonds. The summed E-state index contributed by atoms with van der Waals surface area (Å²) in [5.41, 5.74) is 10.0. The minimum Gasteiger partial charge on any atom is -0.451 e. The summed E-state index contributed by atoms with van der Waals surface area (Å²) in [6.45, 7) is 8.35. The summed E-state index contributed by atoms with van der Waals surface area (Å²) in [7, 11) is 0. The molecular weight excluding hydrogens is 410 g/mol. The third kappa shape index (κ3) is 3.72. The lowest BCUT2D eigenvalue weighted by Gasteiger charge is -2.11. The number of carbonyl (C=O) groups excluding carboxylic acids is 1. The number of aromatic nitrogens is 1. The summed E-state index contributed by atoms with van der Waals surface area (Å²) >= 11 is 0. The minimum absolute atomic E-state index is 0.235.